The molecule has 2 aromatic heterocycles. The number of ether oxygens (including phenoxy) is 2. The Balaban J connectivity index is 1.54. The van der Waals surface area contributed by atoms with Crippen LogP contribution >= 0.6 is 34.2 Å². The molecule has 6 nitrogen and oxygen atoms in total. The first-order chi connectivity index (χ1) is 13.3. The molecule has 0 spiro atoms. The zero-order valence-electron chi connectivity index (χ0n) is 13.7. The Morgan fingerprint density at radius 1 is 1.07 bits per heavy atom. The highest BCUT2D eigenvalue weighted by Crippen LogP contribution is 2.45. The molecule has 142 valence electrons. The number of nitrogens with one attached hydrogen (secondary N) is 1. The number of halogens is 4. The zero-order valence-corrected chi connectivity index (χ0v) is 16.7. The minimum Gasteiger partial charge on any atom is -0.395 e. The summed E-state index contributed by atoms with van der Waals surface area (Å²) in [6, 6.07) is 9.20. The molecule has 3 heterocycles. The van der Waals surface area contributed by atoms with Gasteiger partial charge in [-0.15, -0.1) is 8.78 Å². The molecule has 0 saturated carbocycles. The normalized spacial score (nSPS) is 14.0. The van der Waals surface area contributed by atoms with Gasteiger partial charge in [-0.1, -0.05) is 11.6 Å². The van der Waals surface area contributed by atoms with Gasteiger partial charge in [-0.3, -0.25) is 4.79 Å². The third-order valence-electron chi connectivity index (χ3n) is 3.80. The number of benzene rings is 1. The van der Waals surface area contributed by atoms with Crippen molar-refractivity contribution in [2.75, 3.05) is 5.32 Å². The maximum Gasteiger partial charge on any atom is 0.586 e. The topological polar surface area (TPSA) is 73.3 Å². The van der Waals surface area contributed by atoms with Crippen molar-refractivity contribution in [2.24, 2.45) is 0 Å². The van der Waals surface area contributed by atoms with Crippen molar-refractivity contribution in [3.05, 3.63) is 63.1 Å². The van der Waals surface area contributed by atoms with E-state index in [0.29, 0.717) is 22.5 Å². The lowest BCUT2D eigenvalue weighted by atomic mass is 10.1. The van der Waals surface area contributed by atoms with Crippen molar-refractivity contribution < 1.29 is 23.0 Å². The number of amides is 1. The second-order valence-electron chi connectivity index (χ2n) is 5.70. The van der Waals surface area contributed by atoms with Crippen LogP contribution in [0.15, 0.2) is 48.8 Å². The summed E-state index contributed by atoms with van der Waals surface area (Å²) in [4.78, 5) is 20.4. The van der Waals surface area contributed by atoms with E-state index in [9.17, 15) is 13.6 Å². The van der Waals surface area contributed by atoms with Gasteiger partial charge in [-0.05, 0) is 52.9 Å². The molecule has 0 aliphatic carbocycles. The summed E-state index contributed by atoms with van der Waals surface area (Å²) in [6.45, 7) is 0. The van der Waals surface area contributed by atoms with Crippen LogP contribution in [0.1, 0.15) is 10.4 Å². The fourth-order valence-electron chi connectivity index (χ4n) is 2.52. The summed E-state index contributed by atoms with van der Waals surface area (Å²) >= 11 is 8.21. The molecule has 0 saturated heterocycles. The van der Waals surface area contributed by atoms with Crippen molar-refractivity contribution >= 4 is 45.9 Å². The average molecular weight is 516 g/mol. The van der Waals surface area contributed by atoms with Gasteiger partial charge in [0, 0.05) is 29.6 Å². The summed E-state index contributed by atoms with van der Waals surface area (Å²) in [6.07, 6.45) is -0.794. The predicted molar refractivity (Wildman–Crippen MR) is 106 cm³/mol. The van der Waals surface area contributed by atoms with Gasteiger partial charge >= 0.3 is 6.29 Å². The smallest absolute Gasteiger partial charge is 0.395 e. The highest BCUT2D eigenvalue weighted by Gasteiger charge is 2.43. The molecule has 1 aliphatic heterocycles. The molecule has 0 bridgehead atoms. The van der Waals surface area contributed by atoms with E-state index in [2.05, 4.69) is 24.8 Å². The summed E-state index contributed by atoms with van der Waals surface area (Å²) in [5.41, 5.74) is 1.39. The van der Waals surface area contributed by atoms with Gasteiger partial charge in [-0.2, -0.15) is 0 Å². The first-order valence-corrected chi connectivity index (χ1v) is 9.25. The molecule has 1 aliphatic rings. The Kier molecular flexibility index (Phi) is 4.79. The van der Waals surface area contributed by atoms with Crippen LogP contribution < -0.4 is 14.8 Å². The van der Waals surface area contributed by atoms with Crippen LogP contribution in [0.5, 0.6) is 11.5 Å². The Morgan fingerprint density at radius 2 is 1.82 bits per heavy atom. The first kappa shape index (κ1) is 18.8. The van der Waals surface area contributed by atoms with Crippen LogP contribution in [-0.2, 0) is 0 Å². The molecule has 1 N–H and O–H groups in total. The van der Waals surface area contributed by atoms with E-state index in [1.54, 1.807) is 24.3 Å². The van der Waals surface area contributed by atoms with Gasteiger partial charge in [-0.25, -0.2) is 9.97 Å². The number of hydrogen-bond acceptors (Lipinski definition) is 5. The summed E-state index contributed by atoms with van der Waals surface area (Å²) in [7, 11) is 0. The maximum absolute atomic E-state index is 13.2. The van der Waals surface area contributed by atoms with Crippen molar-refractivity contribution in [3.8, 4) is 22.6 Å². The van der Waals surface area contributed by atoms with E-state index < -0.39 is 6.29 Å². The average Bonchev–Trinajstić information content (AvgIpc) is 2.95. The number of rotatable bonds is 3. The van der Waals surface area contributed by atoms with Gasteiger partial charge < -0.3 is 14.8 Å². The number of anilines is 1. The lowest BCUT2D eigenvalue weighted by molar-refractivity contribution is -0.286. The third-order valence-corrected chi connectivity index (χ3v) is 4.75. The van der Waals surface area contributed by atoms with Crippen molar-refractivity contribution in [2.45, 2.75) is 6.29 Å². The van der Waals surface area contributed by atoms with Crippen molar-refractivity contribution in [1.29, 1.82) is 0 Å². The van der Waals surface area contributed by atoms with E-state index in [1.165, 1.54) is 24.5 Å². The number of hydrogen-bond donors (Lipinski definition) is 1. The molecule has 4 rings (SSSR count). The molecule has 0 atom stereocenters. The van der Waals surface area contributed by atoms with E-state index >= 15 is 0 Å². The van der Waals surface area contributed by atoms with E-state index in [-0.39, 0.29) is 22.4 Å². The molecule has 0 unspecified atom stereocenters. The van der Waals surface area contributed by atoms with E-state index in [1.807, 2.05) is 22.6 Å². The van der Waals surface area contributed by atoms with Gasteiger partial charge in [0.15, 0.2) is 11.5 Å². The summed E-state index contributed by atoms with van der Waals surface area (Å²) < 4.78 is 36.0. The van der Waals surface area contributed by atoms with Crippen LogP contribution in [0.4, 0.5) is 14.6 Å². The zero-order chi connectivity index (χ0) is 19.9. The SMILES string of the molecule is O=C(Nc1ccc(-c2cc3c(cc2Cl)OC(F)(F)O3)cn1)c1ccc(I)nc1. The van der Waals surface area contributed by atoms with Crippen LogP contribution in [-0.4, -0.2) is 22.2 Å². The molecule has 28 heavy (non-hydrogen) atoms. The van der Waals surface area contributed by atoms with Crippen LogP contribution in [0, 0.1) is 3.70 Å². The fraction of sp³-hybridized carbons (Fsp3) is 0.0556. The highest BCUT2D eigenvalue weighted by atomic mass is 127. The standard InChI is InChI=1S/C18H9ClF2IN3O3/c19-12-6-14-13(27-18(20,21)28-14)5-11(12)9-2-4-16(24-7-9)25-17(26)10-1-3-15(22)23-8-10/h1-8H,(H,24,25,26). The second kappa shape index (κ2) is 7.13. The van der Waals surface area contributed by atoms with Crippen LogP contribution in [0.2, 0.25) is 5.02 Å². The van der Waals surface area contributed by atoms with Gasteiger partial charge in [0.1, 0.15) is 9.52 Å². The minimum atomic E-state index is -3.72. The molecule has 3 aromatic rings. The molecule has 1 amide bonds. The number of pyridine rings is 2. The second-order valence-corrected chi connectivity index (χ2v) is 7.21. The molecule has 0 radical (unpaired) electrons. The Morgan fingerprint density at radius 3 is 2.46 bits per heavy atom. The molecular weight excluding hydrogens is 507 g/mol. The lowest BCUT2D eigenvalue weighted by Gasteiger charge is -2.08. The van der Waals surface area contributed by atoms with E-state index in [0.717, 1.165) is 3.70 Å². The summed E-state index contributed by atoms with van der Waals surface area (Å²) in [5, 5.41) is 2.85. The van der Waals surface area contributed by atoms with Crippen molar-refractivity contribution in [1.82, 2.24) is 9.97 Å². The molecular formula is C18H9ClF2IN3O3. The first-order valence-electron chi connectivity index (χ1n) is 7.79. The highest BCUT2D eigenvalue weighted by molar-refractivity contribution is 14.1. The number of aromatic nitrogens is 2. The predicted octanol–water partition coefficient (Wildman–Crippen LogP) is 4.98. The number of carbonyl (C=O) groups is 1. The van der Waals surface area contributed by atoms with E-state index in [4.69, 9.17) is 11.6 Å². The number of nitrogens with zero attached hydrogens (tertiary/aromatic N) is 2. The monoisotopic (exact) mass is 515 g/mol. The number of carbonyl (C=O) groups excluding carboxylic acids is 1. The van der Waals surface area contributed by atoms with Crippen LogP contribution in [0.3, 0.4) is 0 Å². The quantitative estimate of drug-likeness (QED) is 0.394. The molecule has 1 aromatic carbocycles. The largest absolute Gasteiger partial charge is 0.586 e. The molecule has 0 fully saturated rings. The van der Waals surface area contributed by atoms with Gasteiger partial charge in [0.25, 0.3) is 5.91 Å². The Hall–Kier alpha value is -2.53. The Bertz CT molecular complexity index is 1060. The Labute approximate surface area is 176 Å². The van der Waals surface area contributed by atoms with Gasteiger partial charge in [0.2, 0.25) is 0 Å². The van der Waals surface area contributed by atoms with Gasteiger partial charge in [0.05, 0.1) is 10.6 Å². The number of fused-ring (bicyclic) bond motifs is 1. The third kappa shape index (κ3) is 3.85. The lowest BCUT2D eigenvalue weighted by Crippen LogP contribution is -2.25. The maximum atomic E-state index is 13.2. The van der Waals surface area contributed by atoms with Crippen LogP contribution in [0.25, 0.3) is 11.1 Å². The molecule has 10 heteroatoms. The minimum absolute atomic E-state index is 0.118. The summed E-state index contributed by atoms with van der Waals surface area (Å²) in [5.74, 6) is -0.294. The fourth-order valence-corrected chi connectivity index (χ4v) is 3.10. The number of alkyl halides is 2. The van der Waals surface area contributed by atoms with Crippen molar-refractivity contribution in [3.63, 3.8) is 0 Å².